The van der Waals surface area contributed by atoms with Crippen molar-refractivity contribution in [3.63, 3.8) is 0 Å². The molecule has 1 aromatic carbocycles. The average Bonchev–Trinajstić information content (AvgIpc) is 3.03. The minimum atomic E-state index is -0.438. The Morgan fingerprint density at radius 3 is 2.65 bits per heavy atom. The molecule has 6 heteroatoms. The molecule has 2 N–H and O–H groups in total. The van der Waals surface area contributed by atoms with Gasteiger partial charge in [-0.2, -0.15) is 5.26 Å². The van der Waals surface area contributed by atoms with Crippen LogP contribution < -0.4 is 10.6 Å². The van der Waals surface area contributed by atoms with E-state index in [1.165, 1.54) is 11.8 Å². The van der Waals surface area contributed by atoms with Gasteiger partial charge in [0.15, 0.2) is 0 Å². The van der Waals surface area contributed by atoms with Crippen LogP contribution in [0.5, 0.6) is 0 Å². The summed E-state index contributed by atoms with van der Waals surface area (Å²) in [6.07, 6.45) is 3.79. The summed E-state index contributed by atoms with van der Waals surface area (Å²) in [5, 5.41) is 14.9. The van der Waals surface area contributed by atoms with Crippen molar-refractivity contribution in [3.05, 3.63) is 41.6 Å². The van der Waals surface area contributed by atoms with Gasteiger partial charge in [0.1, 0.15) is 11.6 Å². The quantitative estimate of drug-likeness (QED) is 0.427. The first-order valence-electron chi connectivity index (χ1n) is 9.04. The third-order valence-corrected chi connectivity index (χ3v) is 4.37. The van der Waals surface area contributed by atoms with Gasteiger partial charge in [0.05, 0.1) is 0 Å². The van der Waals surface area contributed by atoms with Crippen LogP contribution in [0.4, 0.5) is 5.69 Å². The highest BCUT2D eigenvalue weighted by molar-refractivity contribution is 6.06. The zero-order valence-electron chi connectivity index (χ0n) is 15.4. The van der Waals surface area contributed by atoms with Crippen molar-refractivity contribution in [2.24, 2.45) is 0 Å². The average molecular weight is 354 g/mol. The van der Waals surface area contributed by atoms with Gasteiger partial charge >= 0.3 is 0 Å². The number of nitrogens with zero attached hydrogens (tertiary/aromatic N) is 2. The molecule has 26 heavy (non-hydrogen) atoms. The van der Waals surface area contributed by atoms with E-state index in [4.69, 9.17) is 0 Å². The van der Waals surface area contributed by atoms with Crippen LogP contribution in [-0.4, -0.2) is 36.3 Å². The van der Waals surface area contributed by atoms with Crippen molar-refractivity contribution in [1.29, 1.82) is 5.26 Å². The fraction of sp³-hybridized carbons (Fsp3) is 0.450. The second kappa shape index (κ2) is 9.62. The highest BCUT2D eigenvalue weighted by Crippen LogP contribution is 2.17. The first kappa shape index (κ1) is 19.5. The van der Waals surface area contributed by atoms with Gasteiger partial charge in [-0.15, -0.1) is 0 Å². The molecule has 2 amide bonds. The second-order valence-corrected chi connectivity index (χ2v) is 6.69. The van der Waals surface area contributed by atoms with Gasteiger partial charge in [0.2, 0.25) is 5.91 Å². The molecule has 0 atom stereocenters. The lowest BCUT2D eigenvalue weighted by atomic mass is 10.0. The minimum Gasteiger partial charge on any atom is -0.390 e. The number of rotatable bonds is 8. The third kappa shape index (κ3) is 5.62. The summed E-state index contributed by atoms with van der Waals surface area (Å²) >= 11 is 0. The van der Waals surface area contributed by atoms with Crippen molar-refractivity contribution >= 4 is 17.5 Å². The summed E-state index contributed by atoms with van der Waals surface area (Å²) in [5.41, 5.74) is 1.88. The largest absolute Gasteiger partial charge is 0.390 e. The predicted molar refractivity (Wildman–Crippen MR) is 101 cm³/mol. The van der Waals surface area contributed by atoms with E-state index >= 15 is 0 Å². The van der Waals surface area contributed by atoms with Crippen LogP contribution in [0.2, 0.25) is 0 Å². The number of carbonyl (C=O) groups excluding carboxylic acids is 2. The summed E-state index contributed by atoms with van der Waals surface area (Å²) in [5.74, 6) is 0.197. The molecule has 0 aliphatic carbocycles. The molecule has 2 rings (SSSR count). The summed E-state index contributed by atoms with van der Waals surface area (Å²) in [7, 11) is 0. The number of benzene rings is 1. The highest BCUT2D eigenvalue weighted by atomic mass is 16.2. The summed E-state index contributed by atoms with van der Waals surface area (Å²) in [6, 6.07) is 9.52. The standard InChI is InChI=1S/C20H26N4O2/c1-15(2)16-6-8-18(9-7-16)23-20(26)17(13-21)14-22-10-4-12-24-11-3-5-19(24)25/h6-9,14-15,22H,3-5,10-12H2,1-2H3,(H,23,26)/b17-14-. The van der Waals surface area contributed by atoms with Crippen LogP contribution >= 0.6 is 0 Å². The predicted octanol–water partition coefficient (Wildman–Crippen LogP) is 2.76. The van der Waals surface area contributed by atoms with Crippen molar-refractivity contribution in [1.82, 2.24) is 10.2 Å². The van der Waals surface area contributed by atoms with Crippen molar-refractivity contribution in [2.45, 2.75) is 39.0 Å². The first-order chi connectivity index (χ1) is 12.5. The number of likely N-dealkylation sites (tertiary alicyclic amines) is 1. The summed E-state index contributed by atoms with van der Waals surface area (Å²) < 4.78 is 0. The summed E-state index contributed by atoms with van der Waals surface area (Å²) in [6.45, 7) is 6.35. The zero-order chi connectivity index (χ0) is 18.9. The molecule has 1 aromatic rings. The van der Waals surface area contributed by atoms with Gasteiger partial charge in [-0.05, 0) is 36.5 Å². The normalized spacial score (nSPS) is 14.5. The van der Waals surface area contributed by atoms with Gasteiger partial charge in [-0.3, -0.25) is 9.59 Å². The van der Waals surface area contributed by atoms with E-state index in [9.17, 15) is 14.9 Å². The van der Waals surface area contributed by atoms with Gasteiger partial charge < -0.3 is 15.5 Å². The molecule has 0 saturated carbocycles. The second-order valence-electron chi connectivity index (χ2n) is 6.69. The molecule has 1 aliphatic rings. The van der Waals surface area contributed by atoms with Gasteiger partial charge in [0.25, 0.3) is 5.91 Å². The Balaban J connectivity index is 1.78. The Bertz CT molecular complexity index is 702. The number of hydrogen-bond donors (Lipinski definition) is 2. The van der Waals surface area contributed by atoms with Gasteiger partial charge in [0, 0.05) is 37.9 Å². The molecule has 1 aliphatic heterocycles. The smallest absolute Gasteiger partial charge is 0.267 e. The van der Waals surface area contributed by atoms with Crippen molar-refractivity contribution in [2.75, 3.05) is 25.0 Å². The van der Waals surface area contributed by atoms with Crippen LogP contribution in [0.1, 0.15) is 44.6 Å². The van der Waals surface area contributed by atoms with Crippen molar-refractivity contribution < 1.29 is 9.59 Å². The van der Waals surface area contributed by atoms with Crippen LogP contribution in [0.3, 0.4) is 0 Å². The number of nitriles is 1. The van der Waals surface area contributed by atoms with Crippen molar-refractivity contribution in [3.8, 4) is 6.07 Å². The highest BCUT2D eigenvalue weighted by Gasteiger charge is 2.18. The minimum absolute atomic E-state index is 0.0233. The van der Waals surface area contributed by atoms with E-state index in [0.717, 1.165) is 19.4 Å². The molecule has 0 spiro atoms. The van der Waals surface area contributed by atoms with E-state index in [1.807, 2.05) is 35.2 Å². The SMILES string of the molecule is CC(C)c1ccc(NC(=O)/C(C#N)=C\NCCCN2CCCC2=O)cc1. The molecule has 138 valence electrons. The maximum atomic E-state index is 12.2. The Morgan fingerprint density at radius 1 is 1.35 bits per heavy atom. The van der Waals surface area contributed by atoms with E-state index in [0.29, 0.717) is 31.1 Å². The molecule has 1 saturated heterocycles. The molecular weight excluding hydrogens is 328 g/mol. The van der Waals surface area contributed by atoms with Crippen LogP contribution in [0.25, 0.3) is 0 Å². The number of hydrogen-bond acceptors (Lipinski definition) is 4. The number of nitrogens with one attached hydrogen (secondary N) is 2. The van der Waals surface area contributed by atoms with Crippen LogP contribution in [-0.2, 0) is 9.59 Å². The van der Waals surface area contributed by atoms with Crippen LogP contribution in [0, 0.1) is 11.3 Å². The first-order valence-corrected chi connectivity index (χ1v) is 9.04. The lowest BCUT2D eigenvalue weighted by Crippen LogP contribution is -2.27. The number of carbonyl (C=O) groups is 2. The Labute approximate surface area is 154 Å². The van der Waals surface area contributed by atoms with Gasteiger partial charge in [-0.25, -0.2) is 0 Å². The molecule has 6 nitrogen and oxygen atoms in total. The maximum Gasteiger partial charge on any atom is 0.267 e. The monoisotopic (exact) mass is 354 g/mol. The zero-order valence-corrected chi connectivity index (χ0v) is 15.4. The lowest BCUT2D eigenvalue weighted by molar-refractivity contribution is -0.127. The van der Waals surface area contributed by atoms with E-state index in [-0.39, 0.29) is 11.5 Å². The Morgan fingerprint density at radius 2 is 2.08 bits per heavy atom. The fourth-order valence-electron chi connectivity index (χ4n) is 2.79. The number of anilines is 1. The van der Waals surface area contributed by atoms with E-state index in [1.54, 1.807) is 0 Å². The molecule has 0 unspecified atom stereocenters. The van der Waals surface area contributed by atoms with Crippen LogP contribution in [0.15, 0.2) is 36.0 Å². The maximum absolute atomic E-state index is 12.2. The Hall–Kier alpha value is -2.81. The number of amides is 2. The molecule has 1 fully saturated rings. The molecule has 0 aromatic heterocycles. The fourth-order valence-corrected chi connectivity index (χ4v) is 2.79. The van der Waals surface area contributed by atoms with Gasteiger partial charge in [-0.1, -0.05) is 26.0 Å². The topological polar surface area (TPSA) is 85.2 Å². The van der Waals surface area contributed by atoms with E-state index < -0.39 is 5.91 Å². The van der Waals surface area contributed by atoms with E-state index in [2.05, 4.69) is 24.5 Å². The lowest BCUT2D eigenvalue weighted by Gasteiger charge is -2.14. The molecule has 1 heterocycles. The molecule has 0 bridgehead atoms. The Kier molecular flexibility index (Phi) is 7.22. The summed E-state index contributed by atoms with van der Waals surface area (Å²) in [4.78, 5) is 25.5. The molecule has 0 radical (unpaired) electrons. The molecular formula is C20H26N4O2. The third-order valence-electron chi connectivity index (χ3n) is 4.37.